The summed E-state index contributed by atoms with van der Waals surface area (Å²) in [5.74, 6) is 1.19. The minimum atomic E-state index is 0.0210. The predicted octanol–water partition coefficient (Wildman–Crippen LogP) is 4.30. The number of hydrogen-bond donors (Lipinski definition) is 1. The van der Waals surface area contributed by atoms with Crippen molar-refractivity contribution in [2.75, 3.05) is 11.1 Å². The molecule has 0 atom stereocenters. The summed E-state index contributed by atoms with van der Waals surface area (Å²) in [4.78, 5) is 12.1. The van der Waals surface area contributed by atoms with Crippen LogP contribution in [0.15, 0.2) is 42.5 Å². The van der Waals surface area contributed by atoms with Crippen molar-refractivity contribution >= 4 is 23.4 Å². The van der Waals surface area contributed by atoms with Gasteiger partial charge in [0.05, 0.1) is 17.4 Å². The monoisotopic (exact) mass is 324 g/mol. The maximum absolute atomic E-state index is 12.1. The Morgan fingerprint density at radius 3 is 2.61 bits per heavy atom. The SMILES string of the molecule is CCc1cccc(C)c1NC(=O)CSCc1ccc(C#N)cc1. The Bertz CT molecular complexity index is 717. The Morgan fingerprint density at radius 2 is 1.96 bits per heavy atom. The first kappa shape index (κ1) is 17.1. The van der Waals surface area contributed by atoms with Crippen LogP contribution in [-0.4, -0.2) is 11.7 Å². The Labute approximate surface area is 141 Å². The number of nitrogens with one attached hydrogen (secondary N) is 1. The van der Waals surface area contributed by atoms with Gasteiger partial charge in [-0.05, 0) is 42.2 Å². The first-order valence-electron chi connectivity index (χ1n) is 7.59. The van der Waals surface area contributed by atoms with E-state index in [9.17, 15) is 4.79 Å². The minimum absolute atomic E-state index is 0.0210. The third-order valence-electron chi connectivity index (χ3n) is 3.59. The number of aryl methyl sites for hydroxylation is 2. The van der Waals surface area contributed by atoms with Gasteiger partial charge in [0.25, 0.3) is 0 Å². The molecule has 0 saturated carbocycles. The molecule has 3 nitrogen and oxygen atoms in total. The first-order chi connectivity index (χ1) is 11.1. The largest absolute Gasteiger partial charge is 0.325 e. The molecule has 1 amide bonds. The Hall–Kier alpha value is -2.25. The van der Waals surface area contributed by atoms with Crippen molar-refractivity contribution in [3.05, 3.63) is 64.7 Å². The molecule has 2 aromatic carbocycles. The van der Waals surface area contributed by atoms with Gasteiger partial charge >= 0.3 is 0 Å². The third-order valence-corrected chi connectivity index (χ3v) is 4.59. The van der Waals surface area contributed by atoms with E-state index in [4.69, 9.17) is 5.26 Å². The van der Waals surface area contributed by atoms with Gasteiger partial charge < -0.3 is 5.32 Å². The zero-order valence-electron chi connectivity index (χ0n) is 13.4. The van der Waals surface area contributed by atoms with Crippen LogP contribution in [0.25, 0.3) is 0 Å². The number of benzene rings is 2. The van der Waals surface area contributed by atoms with Crippen LogP contribution >= 0.6 is 11.8 Å². The van der Waals surface area contributed by atoms with Crippen molar-refractivity contribution in [2.24, 2.45) is 0 Å². The van der Waals surface area contributed by atoms with E-state index < -0.39 is 0 Å². The number of rotatable bonds is 6. The van der Waals surface area contributed by atoms with Crippen LogP contribution in [0.3, 0.4) is 0 Å². The van der Waals surface area contributed by atoms with E-state index >= 15 is 0 Å². The molecule has 118 valence electrons. The molecule has 0 aliphatic heterocycles. The summed E-state index contributed by atoms with van der Waals surface area (Å²) in [6, 6.07) is 15.6. The molecule has 1 N–H and O–H groups in total. The number of thioether (sulfide) groups is 1. The van der Waals surface area contributed by atoms with Gasteiger partial charge in [-0.15, -0.1) is 11.8 Å². The van der Waals surface area contributed by atoms with Gasteiger partial charge in [-0.25, -0.2) is 0 Å². The van der Waals surface area contributed by atoms with Crippen molar-refractivity contribution in [1.29, 1.82) is 5.26 Å². The van der Waals surface area contributed by atoms with Gasteiger partial charge in [0.15, 0.2) is 0 Å². The Kier molecular flexibility index (Phi) is 6.25. The third kappa shape index (κ3) is 4.87. The van der Waals surface area contributed by atoms with Crippen LogP contribution in [0.2, 0.25) is 0 Å². The molecule has 0 aromatic heterocycles. The van der Waals surface area contributed by atoms with Gasteiger partial charge in [0, 0.05) is 11.4 Å². The lowest BCUT2D eigenvalue weighted by molar-refractivity contribution is -0.113. The smallest absolute Gasteiger partial charge is 0.234 e. The summed E-state index contributed by atoms with van der Waals surface area (Å²) in [5, 5.41) is 11.8. The molecular weight excluding hydrogens is 304 g/mol. The van der Waals surface area contributed by atoms with Crippen LogP contribution in [-0.2, 0) is 17.0 Å². The first-order valence-corrected chi connectivity index (χ1v) is 8.74. The molecule has 23 heavy (non-hydrogen) atoms. The highest BCUT2D eigenvalue weighted by Crippen LogP contribution is 2.21. The minimum Gasteiger partial charge on any atom is -0.325 e. The maximum atomic E-state index is 12.1. The second kappa shape index (κ2) is 8.40. The van der Waals surface area contributed by atoms with Crippen molar-refractivity contribution in [2.45, 2.75) is 26.0 Å². The summed E-state index contributed by atoms with van der Waals surface area (Å²) in [5.41, 5.74) is 4.97. The fourth-order valence-electron chi connectivity index (χ4n) is 2.31. The number of anilines is 1. The number of hydrogen-bond acceptors (Lipinski definition) is 3. The van der Waals surface area contributed by atoms with Crippen molar-refractivity contribution in [3.63, 3.8) is 0 Å². The number of nitrogens with zero attached hydrogens (tertiary/aromatic N) is 1. The summed E-state index contributed by atoms with van der Waals surface area (Å²) < 4.78 is 0. The predicted molar refractivity (Wildman–Crippen MR) is 96.5 cm³/mol. The van der Waals surface area contributed by atoms with Crippen molar-refractivity contribution in [1.82, 2.24) is 0 Å². The number of amides is 1. The van der Waals surface area contributed by atoms with E-state index in [1.807, 2.05) is 37.3 Å². The highest BCUT2D eigenvalue weighted by atomic mass is 32.2. The molecule has 2 aromatic rings. The van der Waals surface area contributed by atoms with Gasteiger partial charge in [-0.1, -0.05) is 37.3 Å². The lowest BCUT2D eigenvalue weighted by atomic mass is 10.1. The number of carbonyl (C=O) groups excluding carboxylic acids is 1. The van der Waals surface area contributed by atoms with E-state index in [0.29, 0.717) is 11.3 Å². The van der Waals surface area contributed by atoms with E-state index in [2.05, 4.69) is 18.3 Å². The van der Waals surface area contributed by atoms with Crippen LogP contribution in [0.1, 0.15) is 29.2 Å². The molecular formula is C19H20N2OS. The van der Waals surface area contributed by atoms with Gasteiger partial charge in [-0.3, -0.25) is 4.79 Å². The van der Waals surface area contributed by atoms with Crippen LogP contribution in [0, 0.1) is 18.3 Å². The molecule has 0 unspecified atom stereocenters. The number of para-hydroxylation sites is 1. The molecule has 0 aliphatic carbocycles. The molecule has 0 aliphatic rings. The second-order valence-corrected chi connectivity index (χ2v) is 6.30. The van der Waals surface area contributed by atoms with Gasteiger partial charge in [0.1, 0.15) is 0 Å². The van der Waals surface area contributed by atoms with Crippen LogP contribution in [0.5, 0.6) is 0 Å². The summed E-state index contributed by atoms with van der Waals surface area (Å²) in [6.07, 6.45) is 0.898. The van der Waals surface area contributed by atoms with E-state index in [1.165, 1.54) is 0 Å². The average molecular weight is 324 g/mol. The standard InChI is InChI=1S/C19H20N2OS/c1-3-17-6-4-5-14(2)19(17)21-18(22)13-23-12-16-9-7-15(11-20)8-10-16/h4-10H,3,12-13H2,1-2H3,(H,21,22). The van der Waals surface area contributed by atoms with Crippen LogP contribution < -0.4 is 5.32 Å². The fourth-order valence-corrected chi connectivity index (χ4v) is 3.10. The quantitative estimate of drug-likeness (QED) is 0.862. The van der Waals surface area contributed by atoms with Crippen molar-refractivity contribution in [3.8, 4) is 6.07 Å². The zero-order valence-corrected chi connectivity index (χ0v) is 14.2. The summed E-state index contributed by atoms with van der Waals surface area (Å²) in [7, 11) is 0. The molecule has 0 bridgehead atoms. The second-order valence-electron chi connectivity index (χ2n) is 5.31. The van der Waals surface area contributed by atoms with E-state index in [0.717, 1.165) is 34.6 Å². The molecule has 0 spiro atoms. The van der Waals surface area contributed by atoms with Gasteiger partial charge in [-0.2, -0.15) is 5.26 Å². The topological polar surface area (TPSA) is 52.9 Å². The fraction of sp³-hybridized carbons (Fsp3) is 0.263. The zero-order chi connectivity index (χ0) is 16.7. The molecule has 4 heteroatoms. The Morgan fingerprint density at radius 1 is 1.22 bits per heavy atom. The Balaban J connectivity index is 1.87. The average Bonchev–Trinajstić information content (AvgIpc) is 2.57. The maximum Gasteiger partial charge on any atom is 0.234 e. The summed E-state index contributed by atoms with van der Waals surface area (Å²) >= 11 is 1.57. The van der Waals surface area contributed by atoms with E-state index in [1.54, 1.807) is 23.9 Å². The van der Waals surface area contributed by atoms with Crippen molar-refractivity contribution < 1.29 is 4.79 Å². The normalized spacial score (nSPS) is 10.1. The molecule has 0 saturated heterocycles. The number of carbonyl (C=O) groups is 1. The lowest BCUT2D eigenvalue weighted by Gasteiger charge is -2.12. The van der Waals surface area contributed by atoms with Gasteiger partial charge in [0.2, 0.25) is 5.91 Å². The number of nitriles is 1. The lowest BCUT2D eigenvalue weighted by Crippen LogP contribution is -2.16. The highest BCUT2D eigenvalue weighted by Gasteiger charge is 2.08. The highest BCUT2D eigenvalue weighted by molar-refractivity contribution is 7.99. The molecule has 0 fully saturated rings. The molecule has 0 heterocycles. The van der Waals surface area contributed by atoms with E-state index in [-0.39, 0.29) is 5.91 Å². The molecule has 2 rings (SSSR count). The van der Waals surface area contributed by atoms with Crippen LogP contribution in [0.4, 0.5) is 5.69 Å². The molecule has 0 radical (unpaired) electrons. The summed E-state index contributed by atoms with van der Waals surface area (Å²) in [6.45, 7) is 4.10.